The first-order valence-corrected chi connectivity index (χ1v) is 11.7. The Bertz CT molecular complexity index is 1120. The molecular formula is C25H31N3O5S. The number of rotatable bonds is 10. The van der Waals surface area contributed by atoms with Gasteiger partial charge in [0.05, 0.1) is 45.9 Å². The van der Waals surface area contributed by atoms with Gasteiger partial charge in [-0.05, 0) is 53.7 Å². The van der Waals surface area contributed by atoms with Crippen LogP contribution in [-0.4, -0.2) is 44.8 Å². The molecule has 3 aromatic rings. The molecule has 9 heteroatoms. The Hall–Kier alpha value is -3.30. The van der Waals surface area contributed by atoms with Crippen molar-refractivity contribution in [2.24, 2.45) is 11.7 Å². The lowest BCUT2D eigenvalue weighted by Crippen LogP contribution is -2.36. The van der Waals surface area contributed by atoms with Crippen LogP contribution < -0.4 is 30.0 Å². The van der Waals surface area contributed by atoms with Gasteiger partial charge in [0.2, 0.25) is 11.7 Å². The topological polar surface area (TPSA) is 105 Å². The van der Waals surface area contributed by atoms with Gasteiger partial charge in [0.15, 0.2) is 11.5 Å². The number of hydrogen-bond donors (Lipinski definition) is 2. The van der Waals surface area contributed by atoms with E-state index in [0.717, 1.165) is 22.4 Å². The maximum atomic E-state index is 12.7. The van der Waals surface area contributed by atoms with Gasteiger partial charge in [-0.2, -0.15) is 4.37 Å². The molecule has 0 spiro atoms. The summed E-state index contributed by atoms with van der Waals surface area (Å²) >= 11 is 1.33. The van der Waals surface area contributed by atoms with Gasteiger partial charge in [-0.15, -0.1) is 0 Å². The number of nitrogens with two attached hydrogens (primary N) is 1. The van der Waals surface area contributed by atoms with E-state index in [-0.39, 0.29) is 5.91 Å². The van der Waals surface area contributed by atoms with E-state index < -0.39 is 6.04 Å². The van der Waals surface area contributed by atoms with Crippen LogP contribution in [0.4, 0.5) is 5.69 Å². The summed E-state index contributed by atoms with van der Waals surface area (Å²) in [5, 5.41) is 4.87. The molecule has 3 rings (SSSR count). The molecule has 0 aliphatic rings. The molecule has 1 unspecified atom stereocenters. The van der Waals surface area contributed by atoms with Gasteiger partial charge >= 0.3 is 0 Å². The SMILES string of the molecule is COc1ccc(-c2csnc2-c2cc(OC)c(OC)c(OC)c2)cc1NC(=O)C(N)CC(C)C. The number of benzene rings is 2. The van der Waals surface area contributed by atoms with Crippen LogP contribution in [0, 0.1) is 5.92 Å². The van der Waals surface area contributed by atoms with Crippen LogP contribution in [0.25, 0.3) is 22.4 Å². The molecule has 1 aromatic heterocycles. The third-order valence-corrected chi connectivity index (χ3v) is 5.97. The Kier molecular flexibility index (Phi) is 8.36. The molecule has 8 nitrogen and oxygen atoms in total. The van der Waals surface area contributed by atoms with Crippen molar-refractivity contribution >= 4 is 23.1 Å². The van der Waals surface area contributed by atoms with E-state index in [1.165, 1.54) is 11.5 Å². The predicted molar refractivity (Wildman–Crippen MR) is 135 cm³/mol. The second-order valence-corrected chi connectivity index (χ2v) is 8.76. The van der Waals surface area contributed by atoms with Gasteiger partial charge < -0.3 is 30.0 Å². The summed E-state index contributed by atoms with van der Waals surface area (Å²) in [7, 11) is 6.28. The molecule has 0 bridgehead atoms. The molecule has 0 saturated heterocycles. The fraction of sp³-hybridized carbons (Fsp3) is 0.360. The first-order chi connectivity index (χ1) is 16.3. The zero-order valence-electron chi connectivity index (χ0n) is 20.3. The fourth-order valence-corrected chi connectivity index (χ4v) is 4.40. The van der Waals surface area contributed by atoms with Crippen LogP contribution in [-0.2, 0) is 4.79 Å². The van der Waals surface area contributed by atoms with Gasteiger partial charge in [0.1, 0.15) is 5.75 Å². The molecule has 3 N–H and O–H groups in total. The van der Waals surface area contributed by atoms with E-state index in [2.05, 4.69) is 9.69 Å². The van der Waals surface area contributed by atoms with Gasteiger partial charge in [-0.3, -0.25) is 4.79 Å². The van der Waals surface area contributed by atoms with Crippen LogP contribution >= 0.6 is 11.5 Å². The third kappa shape index (κ3) is 5.43. The minimum Gasteiger partial charge on any atom is -0.495 e. The second-order valence-electron chi connectivity index (χ2n) is 8.13. The molecule has 2 aromatic carbocycles. The number of hydrogen-bond acceptors (Lipinski definition) is 8. The molecule has 1 amide bonds. The number of carbonyl (C=O) groups excluding carboxylic acids is 1. The Morgan fingerprint density at radius 2 is 1.62 bits per heavy atom. The number of amides is 1. The lowest BCUT2D eigenvalue weighted by Gasteiger charge is -2.17. The summed E-state index contributed by atoms with van der Waals surface area (Å²) < 4.78 is 26.5. The highest BCUT2D eigenvalue weighted by Gasteiger charge is 2.20. The quantitative estimate of drug-likeness (QED) is 0.424. The first-order valence-electron chi connectivity index (χ1n) is 10.8. The zero-order valence-corrected chi connectivity index (χ0v) is 21.1. The Balaban J connectivity index is 2.02. The smallest absolute Gasteiger partial charge is 0.241 e. The molecule has 0 aliphatic carbocycles. The predicted octanol–water partition coefficient (Wildman–Crippen LogP) is 4.82. The number of carbonyl (C=O) groups is 1. The van der Waals surface area contributed by atoms with E-state index in [9.17, 15) is 4.79 Å². The number of aromatic nitrogens is 1. The molecule has 0 radical (unpaired) electrons. The molecule has 1 atom stereocenters. The van der Waals surface area contributed by atoms with Crippen molar-refractivity contribution in [2.75, 3.05) is 33.8 Å². The monoisotopic (exact) mass is 485 g/mol. The van der Waals surface area contributed by atoms with E-state index in [0.29, 0.717) is 41.0 Å². The second kappa shape index (κ2) is 11.2. The third-order valence-electron chi connectivity index (χ3n) is 5.34. The molecule has 1 heterocycles. The number of ether oxygens (including phenoxy) is 4. The number of methoxy groups -OCH3 is 4. The van der Waals surface area contributed by atoms with Crippen LogP contribution in [0.3, 0.4) is 0 Å². The van der Waals surface area contributed by atoms with Gasteiger partial charge in [-0.1, -0.05) is 19.9 Å². The Morgan fingerprint density at radius 3 is 2.18 bits per heavy atom. The minimum atomic E-state index is -0.606. The Labute approximate surface area is 204 Å². The normalized spacial score (nSPS) is 11.8. The van der Waals surface area contributed by atoms with E-state index >= 15 is 0 Å². The van der Waals surface area contributed by atoms with Crippen LogP contribution in [0.5, 0.6) is 23.0 Å². The van der Waals surface area contributed by atoms with E-state index in [1.54, 1.807) is 28.4 Å². The summed E-state index contributed by atoms with van der Waals surface area (Å²) in [6.45, 7) is 4.06. The summed E-state index contributed by atoms with van der Waals surface area (Å²) in [5.41, 5.74) is 9.94. The highest BCUT2D eigenvalue weighted by atomic mass is 32.1. The fourth-order valence-electron chi connectivity index (χ4n) is 3.68. The molecule has 0 aliphatic heterocycles. The van der Waals surface area contributed by atoms with Crippen LogP contribution in [0.1, 0.15) is 20.3 Å². The largest absolute Gasteiger partial charge is 0.495 e. The van der Waals surface area contributed by atoms with Crippen LogP contribution in [0.2, 0.25) is 0 Å². The maximum Gasteiger partial charge on any atom is 0.241 e. The summed E-state index contributed by atoms with van der Waals surface area (Å²) in [6.07, 6.45) is 0.591. The maximum absolute atomic E-state index is 12.7. The number of anilines is 1. The first kappa shape index (κ1) is 25.3. The van der Waals surface area contributed by atoms with Crippen molar-refractivity contribution < 1.29 is 23.7 Å². The average Bonchev–Trinajstić information content (AvgIpc) is 3.32. The minimum absolute atomic E-state index is 0.252. The number of nitrogens with one attached hydrogen (secondary N) is 1. The van der Waals surface area contributed by atoms with Crippen molar-refractivity contribution in [3.05, 3.63) is 35.7 Å². The van der Waals surface area contributed by atoms with Gasteiger partial charge in [-0.25, -0.2) is 0 Å². The van der Waals surface area contributed by atoms with Crippen molar-refractivity contribution in [1.29, 1.82) is 0 Å². The molecule has 34 heavy (non-hydrogen) atoms. The van der Waals surface area contributed by atoms with Gasteiger partial charge in [0, 0.05) is 16.5 Å². The van der Waals surface area contributed by atoms with Gasteiger partial charge in [0.25, 0.3) is 0 Å². The summed E-state index contributed by atoms with van der Waals surface area (Å²) in [5.74, 6) is 2.20. The molecular weight excluding hydrogens is 454 g/mol. The van der Waals surface area contributed by atoms with Crippen molar-refractivity contribution in [2.45, 2.75) is 26.3 Å². The highest BCUT2D eigenvalue weighted by Crippen LogP contribution is 2.44. The lowest BCUT2D eigenvalue weighted by molar-refractivity contribution is -0.117. The van der Waals surface area contributed by atoms with Crippen molar-refractivity contribution in [1.82, 2.24) is 4.37 Å². The van der Waals surface area contributed by atoms with Crippen LogP contribution in [0.15, 0.2) is 35.7 Å². The average molecular weight is 486 g/mol. The zero-order chi connectivity index (χ0) is 24.8. The Morgan fingerprint density at radius 1 is 0.971 bits per heavy atom. The highest BCUT2D eigenvalue weighted by molar-refractivity contribution is 7.04. The standard InChI is InChI=1S/C25H31N3O5S/c1-14(2)9-18(26)25(29)27-19-10-15(7-8-20(19)30-3)17-13-34-28-23(17)16-11-21(31-4)24(33-6)22(12-16)32-5/h7-8,10-14,18H,9,26H2,1-6H3,(H,27,29). The lowest BCUT2D eigenvalue weighted by atomic mass is 10.00. The van der Waals surface area contributed by atoms with Crippen molar-refractivity contribution in [3.63, 3.8) is 0 Å². The van der Waals surface area contributed by atoms with E-state index in [4.69, 9.17) is 24.7 Å². The molecule has 0 saturated carbocycles. The summed E-state index contributed by atoms with van der Waals surface area (Å²) in [4.78, 5) is 12.7. The molecule has 0 fully saturated rings. The summed E-state index contributed by atoms with van der Waals surface area (Å²) in [6, 6.07) is 8.72. The van der Waals surface area contributed by atoms with E-state index in [1.807, 2.05) is 49.6 Å². The molecule has 182 valence electrons. The number of nitrogens with zero attached hydrogens (tertiary/aromatic N) is 1. The van der Waals surface area contributed by atoms with Crippen molar-refractivity contribution in [3.8, 4) is 45.4 Å².